The monoisotopic (exact) mass is 325 g/mol. The lowest BCUT2D eigenvalue weighted by Crippen LogP contribution is -2.34. The summed E-state index contributed by atoms with van der Waals surface area (Å²) in [6, 6.07) is 6.72. The van der Waals surface area contributed by atoms with Gasteiger partial charge in [0.2, 0.25) is 0 Å². The first kappa shape index (κ1) is 12.7. The lowest BCUT2D eigenvalue weighted by Gasteiger charge is -2.07. The van der Waals surface area contributed by atoms with Gasteiger partial charge in [0.05, 0.1) is 6.26 Å². The minimum absolute atomic E-state index is 0.159. The zero-order valence-electron chi connectivity index (χ0n) is 9.01. The lowest BCUT2D eigenvalue weighted by atomic mass is 10.4. The van der Waals surface area contributed by atoms with Gasteiger partial charge >= 0.3 is 0 Å². The first-order valence-electron chi connectivity index (χ1n) is 4.92. The van der Waals surface area contributed by atoms with Crippen LogP contribution in [0.4, 0.5) is 5.82 Å². The lowest BCUT2D eigenvalue weighted by molar-refractivity contribution is 0.0950. The van der Waals surface area contributed by atoms with E-state index in [1.807, 2.05) is 6.07 Å². The molecule has 0 bridgehead atoms. The van der Waals surface area contributed by atoms with Gasteiger partial charge in [0.15, 0.2) is 10.9 Å². The number of thiocarbonyl (C=S) groups is 1. The van der Waals surface area contributed by atoms with Gasteiger partial charge in [-0.15, -0.1) is 0 Å². The quantitative estimate of drug-likeness (QED) is 0.830. The van der Waals surface area contributed by atoms with Crippen molar-refractivity contribution in [3.63, 3.8) is 0 Å². The second kappa shape index (κ2) is 5.74. The van der Waals surface area contributed by atoms with E-state index in [4.69, 9.17) is 16.6 Å². The van der Waals surface area contributed by atoms with E-state index in [-0.39, 0.29) is 10.9 Å². The summed E-state index contributed by atoms with van der Waals surface area (Å²) < 4.78 is 5.80. The van der Waals surface area contributed by atoms with E-state index in [0.717, 1.165) is 4.47 Å². The highest BCUT2D eigenvalue weighted by molar-refractivity contribution is 9.10. The van der Waals surface area contributed by atoms with Crippen LogP contribution in [-0.2, 0) is 0 Å². The molecule has 0 fully saturated rings. The average Bonchev–Trinajstić information content (AvgIpc) is 2.85. The molecule has 7 heteroatoms. The van der Waals surface area contributed by atoms with E-state index in [0.29, 0.717) is 5.82 Å². The van der Waals surface area contributed by atoms with Crippen LogP contribution in [-0.4, -0.2) is 16.0 Å². The molecule has 0 unspecified atom stereocenters. The topological polar surface area (TPSA) is 67.2 Å². The fraction of sp³-hybridized carbons (Fsp3) is 0. The number of carbonyl (C=O) groups excluding carboxylic acids is 1. The highest BCUT2D eigenvalue weighted by Gasteiger charge is 2.10. The molecule has 92 valence electrons. The number of furan rings is 1. The van der Waals surface area contributed by atoms with Crippen molar-refractivity contribution in [3.8, 4) is 0 Å². The van der Waals surface area contributed by atoms with Crippen molar-refractivity contribution >= 4 is 45.0 Å². The third kappa shape index (κ3) is 3.38. The second-order valence-electron chi connectivity index (χ2n) is 3.25. The molecule has 18 heavy (non-hydrogen) atoms. The van der Waals surface area contributed by atoms with Crippen molar-refractivity contribution in [1.82, 2.24) is 10.3 Å². The third-order valence-corrected chi connectivity index (χ3v) is 2.61. The first-order valence-corrected chi connectivity index (χ1v) is 6.12. The van der Waals surface area contributed by atoms with Crippen LogP contribution in [0, 0.1) is 0 Å². The molecule has 0 aliphatic heterocycles. The van der Waals surface area contributed by atoms with E-state index in [1.54, 1.807) is 24.4 Å². The Hall–Kier alpha value is -1.73. The normalized spacial score (nSPS) is 9.83. The summed E-state index contributed by atoms with van der Waals surface area (Å²) in [6.45, 7) is 0. The highest BCUT2D eigenvalue weighted by atomic mass is 79.9. The number of anilines is 1. The number of hydrogen-bond donors (Lipinski definition) is 2. The molecule has 0 aliphatic carbocycles. The zero-order valence-corrected chi connectivity index (χ0v) is 11.4. The fourth-order valence-corrected chi connectivity index (χ4v) is 1.60. The SMILES string of the molecule is O=C(NC(=S)Nc1ccc(Br)cn1)c1ccco1. The molecule has 2 rings (SSSR count). The highest BCUT2D eigenvalue weighted by Crippen LogP contribution is 2.10. The molecule has 0 saturated heterocycles. The molecule has 0 spiro atoms. The predicted octanol–water partition coefficient (Wildman–Crippen LogP) is 2.56. The predicted molar refractivity (Wildman–Crippen MR) is 74.3 cm³/mol. The summed E-state index contributed by atoms with van der Waals surface area (Å²) in [4.78, 5) is 15.7. The average molecular weight is 326 g/mol. The van der Waals surface area contributed by atoms with Gasteiger partial charge in [-0.2, -0.15) is 0 Å². The van der Waals surface area contributed by atoms with E-state index >= 15 is 0 Å². The van der Waals surface area contributed by atoms with Crippen molar-refractivity contribution in [2.24, 2.45) is 0 Å². The minimum atomic E-state index is -0.408. The Kier molecular flexibility index (Phi) is 4.06. The van der Waals surface area contributed by atoms with Crippen LogP contribution in [0.15, 0.2) is 45.6 Å². The molecule has 0 radical (unpaired) electrons. The maximum atomic E-state index is 11.6. The van der Waals surface area contributed by atoms with E-state index in [1.165, 1.54) is 6.26 Å². The van der Waals surface area contributed by atoms with E-state index in [2.05, 4.69) is 31.5 Å². The van der Waals surface area contributed by atoms with Gasteiger partial charge in [0, 0.05) is 10.7 Å². The third-order valence-electron chi connectivity index (χ3n) is 1.94. The summed E-state index contributed by atoms with van der Waals surface area (Å²) in [7, 11) is 0. The summed E-state index contributed by atoms with van der Waals surface area (Å²) in [5.74, 6) is 0.334. The van der Waals surface area contributed by atoms with Crippen LogP contribution in [0.2, 0.25) is 0 Å². The summed E-state index contributed by atoms with van der Waals surface area (Å²) >= 11 is 8.26. The maximum Gasteiger partial charge on any atom is 0.293 e. The number of halogens is 1. The molecule has 1 amide bonds. The standard InChI is InChI=1S/C11H8BrN3O2S/c12-7-3-4-9(13-6-7)14-11(18)15-10(16)8-2-1-5-17-8/h1-6H,(H2,13,14,15,16,18). The molecule has 2 aromatic rings. The van der Waals surface area contributed by atoms with Gasteiger partial charge in [-0.25, -0.2) is 4.98 Å². The molecule has 2 aromatic heterocycles. The fourth-order valence-electron chi connectivity index (χ4n) is 1.17. The smallest absolute Gasteiger partial charge is 0.293 e. The van der Waals surface area contributed by atoms with Gasteiger partial charge < -0.3 is 9.73 Å². The van der Waals surface area contributed by atoms with Gasteiger partial charge in [0.25, 0.3) is 5.91 Å². The zero-order chi connectivity index (χ0) is 13.0. The van der Waals surface area contributed by atoms with Gasteiger partial charge in [-0.1, -0.05) is 0 Å². The number of nitrogens with zero attached hydrogens (tertiary/aromatic N) is 1. The van der Waals surface area contributed by atoms with Crippen molar-refractivity contribution in [2.75, 3.05) is 5.32 Å². The van der Waals surface area contributed by atoms with E-state index in [9.17, 15) is 4.79 Å². The van der Waals surface area contributed by atoms with Crippen LogP contribution >= 0.6 is 28.1 Å². The van der Waals surface area contributed by atoms with Gasteiger partial charge in [-0.05, 0) is 52.4 Å². The molecular formula is C11H8BrN3O2S. The van der Waals surface area contributed by atoms with Crippen molar-refractivity contribution < 1.29 is 9.21 Å². The van der Waals surface area contributed by atoms with Crippen LogP contribution < -0.4 is 10.6 Å². The number of carbonyl (C=O) groups is 1. The number of aromatic nitrogens is 1. The molecule has 0 aliphatic rings. The molecule has 0 aromatic carbocycles. The van der Waals surface area contributed by atoms with Crippen molar-refractivity contribution in [1.29, 1.82) is 0 Å². The van der Waals surface area contributed by atoms with Crippen molar-refractivity contribution in [2.45, 2.75) is 0 Å². The minimum Gasteiger partial charge on any atom is -0.459 e. The maximum absolute atomic E-state index is 11.6. The number of amides is 1. The molecule has 5 nitrogen and oxygen atoms in total. The molecule has 2 N–H and O–H groups in total. The van der Waals surface area contributed by atoms with Gasteiger partial charge in [-0.3, -0.25) is 10.1 Å². The number of rotatable bonds is 2. The Bertz CT molecular complexity index is 554. The summed E-state index contributed by atoms with van der Waals surface area (Å²) in [5, 5.41) is 5.43. The molecule has 2 heterocycles. The Morgan fingerprint density at radius 1 is 1.39 bits per heavy atom. The van der Waals surface area contributed by atoms with Crippen LogP contribution in [0.5, 0.6) is 0 Å². The first-order chi connectivity index (χ1) is 8.65. The molecule has 0 atom stereocenters. The Morgan fingerprint density at radius 2 is 2.22 bits per heavy atom. The van der Waals surface area contributed by atoms with Crippen LogP contribution in [0.3, 0.4) is 0 Å². The van der Waals surface area contributed by atoms with Crippen LogP contribution in [0.25, 0.3) is 0 Å². The number of pyridine rings is 1. The molecular weight excluding hydrogens is 318 g/mol. The Morgan fingerprint density at radius 3 is 2.83 bits per heavy atom. The second-order valence-corrected chi connectivity index (χ2v) is 4.57. The number of hydrogen-bond acceptors (Lipinski definition) is 4. The van der Waals surface area contributed by atoms with Crippen LogP contribution in [0.1, 0.15) is 10.6 Å². The molecule has 0 saturated carbocycles. The largest absolute Gasteiger partial charge is 0.459 e. The summed E-state index contributed by atoms with van der Waals surface area (Å²) in [6.07, 6.45) is 3.04. The van der Waals surface area contributed by atoms with Gasteiger partial charge in [0.1, 0.15) is 5.82 Å². The Labute approximate surface area is 117 Å². The Balaban J connectivity index is 1.93. The number of nitrogens with one attached hydrogen (secondary N) is 2. The summed E-state index contributed by atoms with van der Waals surface area (Å²) in [5.41, 5.74) is 0. The van der Waals surface area contributed by atoms with E-state index < -0.39 is 5.91 Å². The van der Waals surface area contributed by atoms with Crippen molar-refractivity contribution in [3.05, 3.63) is 47.0 Å².